The van der Waals surface area contributed by atoms with Gasteiger partial charge in [0.05, 0.1) is 0 Å². The maximum atomic E-state index is 11.2. The highest BCUT2D eigenvalue weighted by molar-refractivity contribution is 5.87. The fraction of sp³-hybridized carbons (Fsp3) is 0.154. The van der Waals surface area contributed by atoms with Crippen molar-refractivity contribution in [1.29, 1.82) is 0 Å². The molecule has 1 heterocycles. The zero-order valence-electron chi connectivity index (χ0n) is 8.66. The van der Waals surface area contributed by atoms with Crippen LogP contribution in [0.15, 0.2) is 48.2 Å². The van der Waals surface area contributed by atoms with Gasteiger partial charge in [0, 0.05) is 12.6 Å². The Bertz CT molecular complexity index is 429. The highest BCUT2D eigenvalue weighted by Gasteiger charge is 2.08. The molecule has 0 saturated carbocycles. The van der Waals surface area contributed by atoms with Crippen molar-refractivity contribution in [1.82, 2.24) is 5.32 Å². The van der Waals surface area contributed by atoms with Crippen molar-refractivity contribution in [3.63, 3.8) is 0 Å². The molecule has 1 aromatic rings. The van der Waals surface area contributed by atoms with Gasteiger partial charge in [0.2, 0.25) is 5.91 Å². The van der Waals surface area contributed by atoms with Crippen LogP contribution in [0.1, 0.15) is 18.9 Å². The third-order valence-electron chi connectivity index (χ3n) is 2.45. The van der Waals surface area contributed by atoms with Crippen LogP contribution in [0.5, 0.6) is 0 Å². The molecule has 0 spiro atoms. The average Bonchev–Trinajstić information content (AvgIpc) is 2.43. The van der Waals surface area contributed by atoms with Crippen molar-refractivity contribution in [3.05, 3.63) is 53.7 Å². The molecular formula is C13H13NO. The van der Waals surface area contributed by atoms with E-state index in [9.17, 15) is 4.79 Å². The summed E-state index contributed by atoms with van der Waals surface area (Å²) in [6, 6.07) is 10.1. The highest BCUT2D eigenvalue weighted by atomic mass is 16.1. The van der Waals surface area contributed by atoms with E-state index >= 15 is 0 Å². The van der Waals surface area contributed by atoms with Crippen LogP contribution in [0, 0.1) is 0 Å². The topological polar surface area (TPSA) is 29.1 Å². The van der Waals surface area contributed by atoms with Gasteiger partial charge >= 0.3 is 0 Å². The van der Waals surface area contributed by atoms with E-state index in [1.807, 2.05) is 31.2 Å². The smallest absolute Gasteiger partial charge is 0.227 e. The summed E-state index contributed by atoms with van der Waals surface area (Å²) < 4.78 is 0. The zero-order chi connectivity index (χ0) is 10.7. The summed E-state index contributed by atoms with van der Waals surface area (Å²) in [5.41, 5.74) is 3.38. The molecule has 15 heavy (non-hydrogen) atoms. The van der Waals surface area contributed by atoms with Crippen molar-refractivity contribution in [2.75, 3.05) is 0 Å². The van der Waals surface area contributed by atoms with Crippen LogP contribution in [-0.4, -0.2) is 5.91 Å². The molecule has 0 fully saturated rings. The SMILES string of the molecule is CC1=CNC(=O)CC=C1c1ccccc1. The fourth-order valence-corrected chi connectivity index (χ4v) is 1.64. The van der Waals surface area contributed by atoms with Gasteiger partial charge in [-0.3, -0.25) is 4.79 Å². The summed E-state index contributed by atoms with van der Waals surface area (Å²) in [5.74, 6) is 0.0419. The molecule has 0 unspecified atom stereocenters. The van der Waals surface area contributed by atoms with Gasteiger partial charge in [-0.05, 0) is 23.6 Å². The maximum Gasteiger partial charge on any atom is 0.227 e. The van der Waals surface area contributed by atoms with Gasteiger partial charge in [0.15, 0.2) is 0 Å². The van der Waals surface area contributed by atoms with Crippen molar-refractivity contribution in [2.24, 2.45) is 0 Å². The second-order valence-corrected chi connectivity index (χ2v) is 3.58. The Kier molecular flexibility index (Phi) is 2.68. The first-order valence-electron chi connectivity index (χ1n) is 4.99. The molecule has 76 valence electrons. The van der Waals surface area contributed by atoms with Crippen LogP contribution in [0.4, 0.5) is 0 Å². The first-order valence-corrected chi connectivity index (χ1v) is 4.99. The summed E-state index contributed by atoms with van der Waals surface area (Å²) in [7, 11) is 0. The summed E-state index contributed by atoms with van der Waals surface area (Å²) in [5, 5.41) is 2.74. The minimum atomic E-state index is 0.0419. The van der Waals surface area contributed by atoms with E-state index in [4.69, 9.17) is 0 Å². The first kappa shape index (κ1) is 9.71. The van der Waals surface area contributed by atoms with Crippen molar-refractivity contribution in [3.8, 4) is 0 Å². The molecule has 0 aromatic heterocycles. The Hall–Kier alpha value is -1.83. The highest BCUT2D eigenvalue weighted by Crippen LogP contribution is 2.23. The normalized spacial score (nSPS) is 16.2. The van der Waals surface area contributed by atoms with E-state index in [-0.39, 0.29) is 5.91 Å². The lowest BCUT2D eigenvalue weighted by molar-refractivity contribution is -0.119. The van der Waals surface area contributed by atoms with Crippen LogP contribution < -0.4 is 5.32 Å². The third-order valence-corrected chi connectivity index (χ3v) is 2.45. The summed E-state index contributed by atoms with van der Waals surface area (Å²) >= 11 is 0. The van der Waals surface area contributed by atoms with Crippen LogP contribution in [-0.2, 0) is 4.79 Å². The van der Waals surface area contributed by atoms with Crippen LogP contribution >= 0.6 is 0 Å². The largest absolute Gasteiger partial charge is 0.332 e. The predicted octanol–water partition coefficient (Wildman–Crippen LogP) is 2.49. The molecule has 1 aromatic carbocycles. The number of carbonyl (C=O) groups excluding carboxylic acids is 1. The van der Waals surface area contributed by atoms with Gasteiger partial charge in [0.25, 0.3) is 0 Å². The molecule has 2 nitrogen and oxygen atoms in total. The summed E-state index contributed by atoms with van der Waals surface area (Å²) in [6.07, 6.45) is 4.19. The van der Waals surface area contributed by atoms with E-state index in [0.717, 1.165) is 16.7 Å². The van der Waals surface area contributed by atoms with Crippen LogP contribution in [0.25, 0.3) is 5.57 Å². The molecule has 1 aliphatic rings. The lowest BCUT2D eigenvalue weighted by atomic mass is 9.99. The Morgan fingerprint density at radius 1 is 1.20 bits per heavy atom. The molecule has 0 atom stereocenters. The lowest BCUT2D eigenvalue weighted by Crippen LogP contribution is -2.14. The summed E-state index contributed by atoms with van der Waals surface area (Å²) in [6.45, 7) is 2.00. The molecule has 0 aliphatic carbocycles. The van der Waals surface area contributed by atoms with Gasteiger partial charge < -0.3 is 5.32 Å². The second kappa shape index (κ2) is 4.13. The molecule has 1 N–H and O–H groups in total. The van der Waals surface area contributed by atoms with Crippen LogP contribution in [0.3, 0.4) is 0 Å². The number of rotatable bonds is 1. The van der Waals surface area contributed by atoms with Crippen molar-refractivity contribution >= 4 is 11.5 Å². The van der Waals surface area contributed by atoms with E-state index in [0.29, 0.717) is 6.42 Å². The Morgan fingerprint density at radius 2 is 1.93 bits per heavy atom. The summed E-state index contributed by atoms with van der Waals surface area (Å²) in [4.78, 5) is 11.2. The van der Waals surface area contributed by atoms with E-state index < -0.39 is 0 Å². The Morgan fingerprint density at radius 3 is 2.67 bits per heavy atom. The molecule has 0 bridgehead atoms. The number of allylic oxidation sites excluding steroid dienone is 2. The molecule has 2 rings (SSSR count). The monoisotopic (exact) mass is 199 g/mol. The molecule has 0 radical (unpaired) electrons. The quantitative estimate of drug-likeness (QED) is 0.739. The van der Waals surface area contributed by atoms with Gasteiger partial charge in [-0.1, -0.05) is 36.4 Å². The number of hydrogen-bond acceptors (Lipinski definition) is 1. The minimum Gasteiger partial charge on any atom is -0.332 e. The number of nitrogens with one attached hydrogen (secondary N) is 1. The molecule has 0 saturated heterocycles. The van der Waals surface area contributed by atoms with Gasteiger partial charge in [-0.2, -0.15) is 0 Å². The number of hydrogen-bond donors (Lipinski definition) is 1. The average molecular weight is 199 g/mol. The number of carbonyl (C=O) groups is 1. The molecule has 2 heteroatoms. The van der Waals surface area contributed by atoms with Crippen molar-refractivity contribution < 1.29 is 4.79 Å². The second-order valence-electron chi connectivity index (χ2n) is 3.58. The Balaban J connectivity index is 2.39. The maximum absolute atomic E-state index is 11.2. The van der Waals surface area contributed by atoms with Gasteiger partial charge in [0.1, 0.15) is 0 Å². The van der Waals surface area contributed by atoms with Crippen molar-refractivity contribution in [2.45, 2.75) is 13.3 Å². The first-order chi connectivity index (χ1) is 7.27. The number of amides is 1. The molecular weight excluding hydrogens is 186 g/mol. The molecule has 1 amide bonds. The zero-order valence-corrected chi connectivity index (χ0v) is 8.66. The Labute approximate surface area is 89.3 Å². The van der Waals surface area contributed by atoms with Crippen LogP contribution in [0.2, 0.25) is 0 Å². The van der Waals surface area contributed by atoms with E-state index in [1.165, 1.54) is 0 Å². The van der Waals surface area contributed by atoms with Gasteiger partial charge in [-0.15, -0.1) is 0 Å². The van der Waals surface area contributed by atoms with E-state index in [2.05, 4.69) is 17.4 Å². The predicted molar refractivity (Wildman–Crippen MR) is 60.9 cm³/mol. The van der Waals surface area contributed by atoms with Gasteiger partial charge in [-0.25, -0.2) is 0 Å². The minimum absolute atomic E-state index is 0.0419. The third kappa shape index (κ3) is 2.15. The van der Waals surface area contributed by atoms with E-state index in [1.54, 1.807) is 6.20 Å². The standard InChI is InChI=1S/C13H13NO/c1-10-9-14-13(15)8-7-12(10)11-5-3-2-4-6-11/h2-7,9H,8H2,1H3,(H,14,15). The molecule has 1 aliphatic heterocycles. The number of benzene rings is 1. The lowest BCUT2D eigenvalue weighted by Gasteiger charge is -2.05. The fourth-order valence-electron chi connectivity index (χ4n) is 1.64.